The van der Waals surface area contributed by atoms with Gasteiger partial charge in [-0.15, -0.1) is 0 Å². The molecule has 1 heterocycles. The van der Waals surface area contributed by atoms with Crippen molar-refractivity contribution in [3.63, 3.8) is 0 Å². The van der Waals surface area contributed by atoms with Crippen molar-refractivity contribution in [2.45, 2.75) is 12.7 Å². The number of thioether (sulfide) groups is 1. The maximum Gasteiger partial charge on any atom is 0.419 e. The van der Waals surface area contributed by atoms with E-state index in [1.807, 2.05) is 0 Å². The minimum Gasteiger partial charge on any atom is -0.322 e. The first-order chi connectivity index (χ1) is 13.1. The smallest absolute Gasteiger partial charge is 0.322 e. The Balaban J connectivity index is 1.70. The zero-order valence-electron chi connectivity index (χ0n) is 14.0. The number of nitrogens with zero attached hydrogens (tertiary/aromatic N) is 1. The Morgan fingerprint density at radius 1 is 1.11 bits per heavy atom. The van der Waals surface area contributed by atoms with Crippen LogP contribution >= 0.6 is 11.8 Å². The highest BCUT2D eigenvalue weighted by molar-refractivity contribution is 8.14. The fraction of sp³-hybridized carbons (Fsp3) is 0.167. The van der Waals surface area contributed by atoms with Crippen LogP contribution in [0.2, 0.25) is 0 Å². The first-order valence-electron chi connectivity index (χ1n) is 7.89. The second kappa shape index (κ2) is 7.63. The van der Waals surface area contributed by atoms with Gasteiger partial charge in [-0.2, -0.15) is 13.2 Å². The molecular formula is C18H12F4N2O3S. The largest absolute Gasteiger partial charge is 0.419 e. The predicted octanol–water partition coefficient (Wildman–Crippen LogP) is 4.29. The third-order valence-electron chi connectivity index (χ3n) is 3.93. The standard InChI is InChI=1S/C18H12F4N2O3S/c19-14-6-3-11(7-13(14)18(20,21)22)16(26)23-12-4-1-10(2-5-12)8-24-15(25)9-28-17(24)27/h1-7H,8-9H2,(H,23,26). The summed E-state index contributed by atoms with van der Waals surface area (Å²) < 4.78 is 51.6. The molecule has 1 aliphatic rings. The van der Waals surface area contributed by atoms with Crippen molar-refractivity contribution in [3.8, 4) is 0 Å². The number of anilines is 1. The van der Waals surface area contributed by atoms with Crippen molar-refractivity contribution in [1.82, 2.24) is 4.90 Å². The molecule has 1 fully saturated rings. The zero-order chi connectivity index (χ0) is 20.5. The van der Waals surface area contributed by atoms with Crippen LogP contribution in [-0.2, 0) is 17.5 Å². The van der Waals surface area contributed by atoms with Crippen molar-refractivity contribution in [2.24, 2.45) is 0 Å². The molecule has 3 rings (SSSR count). The van der Waals surface area contributed by atoms with Gasteiger partial charge < -0.3 is 5.32 Å². The highest BCUT2D eigenvalue weighted by atomic mass is 32.2. The summed E-state index contributed by atoms with van der Waals surface area (Å²) in [5, 5.41) is 2.08. The SMILES string of the molecule is O=C(Nc1ccc(CN2C(=O)CSC2=O)cc1)c1ccc(F)c(C(F)(F)F)c1. The predicted molar refractivity (Wildman–Crippen MR) is 94.2 cm³/mol. The average Bonchev–Trinajstić information content (AvgIpc) is 2.94. The van der Waals surface area contributed by atoms with Crippen molar-refractivity contribution >= 4 is 34.5 Å². The van der Waals surface area contributed by atoms with E-state index in [-0.39, 0.29) is 29.0 Å². The number of carbonyl (C=O) groups excluding carboxylic acids is 3. The summed E-state index contributed by atoms with van der Waals surface area (Å²) in [5.41, 5.74) is -0.931. The molecule has 0 bridgehead atoms. The highest BCUT2D eigenvalue weighted by Crippen LogP contribution is 2.32. The van der Waals surface area contributed by atoms with Gasteiger partial charge in [-0.3, -0.25) is 19.3 Å². The van der Waals surface area contributed by atoms with Crippen LogP contribution < -0.4 is 5.32 Å². The molecule has 0 radical (unpaired) electrons. The molecule has 2 aromatic rings. The molecule has 0 atom stereocenters. The van der Waals surface area contributed by atoms with Crippen LogP contribution in [0.4, 0.5) is 28.0 Å². The van der Waals surface area contributed by atoms with Gasteiger partial charge in [0.05, 0.1) is 17.9 Å². The van der Waals surface area contributed by atoms with Gasteiger partial charge in [0.1, 0.15) is 5.82 Å². The monoisotopic (exact) mass is 412 g/mol. The summed E-state index contributed by atoms with van der Waals surface area (Å²) >= 11 is 0.919. The van der Waals surface area contributed by atoms with Gasteiger partial charge in [0.2, 0.25) is 5.91 Å². The van der Waals surface area contributed by atoms with E-state index in [4.69, 9.17) is 0 Å². The lowest BCUT2D eigenvalue weighted by Gasteiger charge is -2.13. The van der Waals surface area contributed by atoms with Gasteiger partial charge >= 0.3 is 6.18 Å². The number of hydrogen-bond acceptors (Lipinski definition) is 4. The molecule has 1 saturated heterocycles. The van der Waals surface area contributed by atoms with Gasteiger partial charge in [0, 0.05) is 11.3 Å². The molecule has 3 amide bonds. The van der Waals surface area contributed by atoms with Gasteiger partial charge in [-0.1, -0.05) is 23.9 Å². The van der Waals surface area contributed by atoms with E-state index in [9.17, 15) is 31.9 Å². The lowest BCUT2D eigenvalue weighted by molar-refractivity contribution is -0.140. The van der Waals surface area contributed by atoms with E-state index in [0.717, 1.165) is 22.7 Å². The molecule has 0 aliphatic carbocycles. The molecule has 0 aromatic heterocycles. The van der Waals surface area contributed by atoms with E-state index in [1.54, 1.807) is 12.1 Å². The van der Waals surface area contributed by atoms with E-state index in [1.165, 1.54) is 12.1 Å². The van der Waals surface area contributed by atoms with E-state index < -0.39 is 23.5 Å². The Morgan fingerprint density at radius 3 is 2.36 bits per heavy atom. The topological polar surface area (TPSA) is 66.5 Å². The second-order valence-electron chi connectivity index (χ2n) is 5.88. The van der Waals surface area contributed by atoms with Crippen molar-refractivity contribution in [1.29, 1.82) is 0 Å². The normalized spacial score (nSPS) is 14.5. The quantitative estimate of drug-likeness (QED) is 0.761. The van der Waals surface area contributed by atoms with Crippen molar-refractivity contribution in [3.05, 3.63) is 65.0 Å². The molecule has 146 valence electrons. The van der Waals surface area contributed by atoms with Crippen LogP contribution in [0.25, 0.3) is 0 Å². The molecule has 1 N–H and O–H groups in total. The summed E-state index contributed by atoms with van der Waals surface area (Å²) in [6.45, 7) is 0.0891. The number of alkyl halides is 3. The molecule has 0 spiro atoms. The second-order valence-corrected chi connectivity index (χ2v) is 6.80. The first kappa shape index (κ1) is 19.9. The molecule has 28 heavy (non-hydrogen) atoms. The number of amides is 3. The average molecular weight is 412 g/mol. The maximum absolute atomic E-state index is 13.3. The van der Waals surface area contributed by atoms with Gasteiger partial charge in [0.25, 0.3) is 11.1 Å². The minimum atomic E-state index is -4.91. The lowest BCUT2D eigenvalue weighted by atomic mass is 10.1. The van der Waals surface area contributed by atoms with Crippen LogP contribution in [0.5, 0.6) is 0 Å². The Kier molecular flexibility index (Phi) is 5.41. The fourth-order valence-corrected chi connectivity index (χ4v) is 3.22. The van der Waals surface area contributed by atoms with Crippen LogP contribution in [0.15, 0.2) is 42.5 Å². The van der Waals surface area contributed by atoms with Crippen LogP contribution in [0, 0.1) is 5.82 Å². The Bertz CT molecular complexity index is 929. The molecule has 0 saturated carbocycles. The summed E-state index contributed by atoms with van der Waals surface area (Å²) in [7, 11) is 0. The third kappa shape index (κ3) is 4.33. The minimum absolute atomic E-state index is 0.0891. The van der Waals surface area contributed by atoms with E-state index in [2.05, 4.69) is 5.32 Å². The van der Waals surface area contributed by atoms with Crippen LogP contribution in [0.3, 0.4) is 0 Å². The summed E-state index contributed by atoms with van der Waals surface area (Å²) in [6.07, 6.45) is -4.91. The van der Waals surface area contributed by atoms with Gasteiger partial charge in [-0.25, -0.2) is 4.39 Å². The van der Waals surface area contributed by atoms with Crippen molar-refractivity contribution < 1.29 is 31.9 Å². The Labute approximate surface area is 160 Å². The van der Waals surface area contributed by atoms with E-state index in [0.29, 0.717) is 23.4 Å². The van der Waals surface area contributed by atoms with Crippen LogP contribution in [0.1, 0.15) is 21.5 Å². The Hall–Kier alpha value is -2.88. The first-order valence-corrected chi connectivity index (χ1v) is 8.88. The Morgan fingerprint density at radius 2 is 1.79 bits per heavy atom. The lowest BCUT2D eigenvalue weighted by Crippen LogP contribution is -2.27. The number of rotatable bonds is 4. The summed E-state index contributed by atoms with van der Waals surface area (Å²) in [5.74, 6) is -2.48. The van der Waals surface area contributed by atoms with Gasteiger partial charge in [-0.05, 0) is 35.9 Å². The highest BCUT2D eigenvalue weighted by Gasteiger charge is 2.34. The number of benzene rings is 2. The molecule has 2 aromatic carbocycles. The number of halogens is 4. The number of carbonyl (C=O) groups is 3. The summed E-state index contributed by atoms with van der Waals surface area (Å²) in [6, 6.07) is 8.11. The molecule has 10 heteroatoms. The number of hydrogen-bond donors (Lipinski definition) is 1. The molecule has 5 nitrogen and oxygen atoms in total. The van der Waals surface area contributed by atoms with Crippen molar-refractivity contribution in [2.75, 3.05) is 11.1 Å². The van der Waals surface area contributed by atoms with Gasteiger partial charge in [0.15, 0.2) is 0 Å². The fourth-order valence-electron chi connectivity index (χ4n) is 2.50. The number of nitrogens with one attached hydrogen (secondary N) is 1. The van der Waals surface area contributed by atoms with E-state index >= 15 is 0 Å². The number of imide groups is 1. The zero-order valence-corrected chi connectivity index (χ0v) is 14.9. The molecular weight excluding hydrogens is 400 g/mol. The summed E-state index contributed by atoms with van der Waals surface area (Å²) in [4.78, 5) is 36.4. The van der Waals surface area contributed by atoms with Crippen LogP contribution in [-0.4, -0.2) is 27.7 Å². The maximum atomic E-state index is 13.3. The molecule has 1 aliphatic heterocycles. The molecule has 0 unspecified atom stereocenters. The third-order valence-corrected chi connectivity index (χ3v) is 4.79.